The molecule has 0 aliphatic carbocycles. The van der Waals surface area contributed by atoms with Gasteiger partial charge in [-0.05, 0) is 0 Å². The quantitative estimate of drug-likeness (QED) is 0.818. The van der Waals surface area contributed by atoms with E-state index in [0.717, 1.165) is 0 Å². The number of rotatable bonds is 2. The number of halogens is 4. The smallest absolute Gasteiger partial charge is 0.233 e. The number of aromatic nitrogens is 1. The molecule has 0 aromatic carbocycles. The maximum absolute atomic E-state index is 13.1. The van der Waals surface area contributed by atoms with Crippen LogP contribution in [-0.4, -0.2) is 13.4 Å². The number of nitrogens with two attached hydrogens (primary N) is 1. The summed E-state index contributed by atoms with van der Waals surface area (Å²) in [4.78, 5) is 1.68. The molecule has 0 fully saturated rings. The van der Waals surface area contributed by atoms with Gasteiger partial charge in [-0.25, -0.2) is 31.7 Å². The molecule has 2 N–H and O–H groups in total. The highest BCUT2D eigenvalue weighted by Crippen LogP contribution is 2.27. The molecule has 0 atom stereocenters. The number of alkyl halides is 2. The first-order chi connectivity index (χ1) is 6.73. The summed E-state index contributed by atoms with van der Waals surface area (Å²) in [5, 5.41) is 3.99. The van der Waals surface area contributed by atoms with E-state index in [4.69, 9.17) is 11.6 Å². The van der Waals surface area contributed by atoms with E-state index in [-0.39, 0.29) is 0 Å². The second kappa shape index (κ2) is 3.95. The van der Waals surface area contributed by atoms with E-state index in [9.17, 15) is 21.6 Å². The first-order valence-electron chi connectivity index (χ1n) is 3.40. The Morgan fingerprint density at radius 3 is 2.40 bits per heavy atom. The minimum atomic E-state index is -4.60. The van der Waals surface area contributed by atoms with Gasteiger partial charge in [-0.3, -0.25) is 0 Å². The van der Waals surface area contributed by atoms with Crippen LogP contribution in [0.15, 0.2) is 11.0 Å². The lowest BCUT2D eigenvalue weighted by Gasteiger charge is -2.07. The summed E-state index contributed by atoms with van der Waals surface area (Å²) in [5.74, 6) is -1.45. The van der Waals surface area contributed by atoms with Crippen LogP contribution in [0, 0.1) is 5.82 Å². The number of nitrogens with zero attached hydrogens (tertiary/aromatic N) is 1. The molecular formula is C6H4ClF3N2O2S. The van der Waals surface area contributed by atoms with Gasteiger partial charge in [0.15, 0.2) is 0 Å². The van der Waals surface area contributed by atoms with Gasteiger partial charge < -0.3 is 0 Å². The summed E-state index contributed by atoms with van der Waals surface area (Å²) in [7, 11) is -4.60. The van der Waals surface area contributed by atoms with Gasteiger partial charge in [0.05, 0.1) is 0 Å². The Kier molecular flexibility index (Phi) is 3.22. The van der Waals surface area contributed by atoms with Crippen LogP contribution in [-0.2, 0) is 10.0 Å². The molecule has 4 nitrogen and oxygen atoms in total. The van der Waals surface area contributed by atoms with Crippen molar-refractivity contribution in [3.05, 3.63) is 22.7 Å². The Balaban J connectivity index is 3.62. The summed E-state index contributed by atoms with van der Waals surface area (Å²) in [5.41, 5.74) is -1.29. The molecule has 0 saturated heterocycles. The Bertz CT molecular complexity index is 491. The molecule has 0 amide bonds. The Labute approximate surface area is 87.9 Å². The average Bonchev–Trinajstić information content (AvgIpc) is 1.99. The molecule has 0 spiro atoms. The van der Waals surface area contributed by atoms with Gasteiger partial charge in [0.25, 0.3) is 6.43 Å². The first-order valence-corrected chi connectivity index (χ1v) is 5.33. The zero-order valence-corrected chi connectivity index (χ0v) is 8.49. The number of pyridine rings is 1. The van der Waals surface area contributed by atoms with Crippen molar-refractivity contribution in [3.8, 4) is 0 Å². The highest BCUT2D eigenvalue weighted by Gasteiger charge is 2.27. The minimum Gasteiger partial charge on any atom is -0.233 e. The van der Waals surface area contributed by atoms with E-state index in [1.54, 1.807) is 0 Å². The fourth-order valence-corrected chi connectivity index (χ4v) is 1.86. The van der Waals surface area contributed by atoms with Gasteiger partial charge >= 0.3 is 0 Å². The van der Waals surface area contributed by atoms with E-state index >= 15 is 0 Å². The lowest BCUT2D eigenvalue weighted by Crippen LogP contribution is -2.18. The average molecular weight is 261 g/mol. The van der Waals surface area contributed by atoms with Crippen molar-refractivity contribution in [1.29, 1.82) is 0 Å². The molecule has 1 aromatic heterocycles. The van der Waals surface area contributed by atoms with Gasteiger partial charge in [-0.1, -0.05) is 11.6 Å². The largest absolute Gasteiger partial charge is 0.281 e. The fourth-order valence-electron chi connectivity index (χ4n) is 0.920. The molecule has 9 heteroatoms. The van der Waals surface area contributed by atoms with Gasteiger partial charge in [0.2, 0.25) is 10.0 Å². The zero-order valence-electron chi connectivity index (χ0n) is 6.92. The maximum atomic E-state index is 13.1. The Hall–Kier alpha value is -0.860. The van der Waals surface area contributed by atoms with E-state index in [0.29, 0.717) is 6.07 Å². The summed E-state index contributed by atoms with van der Waals surface area (Å²) >= 11 is 5.20. The molecule has 0 aliphatic rings. The van der Waals surface area contributed by atoms with E-state index < -0.39 is 38.0 Å². The molecule has 0 aliphatic heterocycles. The third-order valence-electron chi connectivity index (χ3n) is 1.41. The predicted octanol–water partition coefficient (Wildman–Crippen LogP) is 1.46. The molecular weight excluding hydrogens is 257 g/mol. The molecule has 84 valence electrons. The van der Waals surface area contributed by atoms with Crippen molar-refractivity contribution >= 4 is 21.6 Å². The fraction of sp³-hybridized carbons (Fsp3) is 0.167. The van der Waals surface area contributed by atoms with Gasteiger partial charge in [0, 0.05) is 6.07 Å². The van der Waals surface area contributed by atoms with E-state index in [1.807, 2.05) is 0 Å². The van der Waals surface area contributed by atoms with Crippen LogP contribution in [0.2, 0.25) is 5.15 Å². The van der Waals surface area contributed by atoms with Crippen LogP contribution in [0.25, 0.3) is 0 Å². The van der Waals surface area contributed by atoms with Gasteiger partial charge in [0.1, 0.15) is 21.6 Å². The van der Waals surface area contributed by atoms with Crippen molar-refractivity contribution in [2.45, 2.75) is 11.3 Å². The third-order valence-corrected chi connectivity index (χ3v) is 2.58. The Morgan fingerprint density at radius 1 is 1.47 bits per heavy atom. The van der Waals surface area contributed by atoms with Crippen molar-refractivity contribution in [3.63, 3.8) is 0 Å². The van der Waals surface area contributed by atoms with Crippen molar-refractivity contribution < 1.29 is 21.6 Å². The molecule has 0 radical (unpaired) electrons. The second-order valence-corrected chi connectivity index (χ2v) is 4.37. The summed E-state index contributed by atoms with van der Waals surface area (Å²) in [6, 6.07) is 0.493. The van der Waals surface area contributed by atoms with Crippen molar-refractivity contribution in [2.75, 3.05) is 0 Å². The summed E-state index contributed by atoms with van der Waals surface area (Å²) < 4.78 is 59.3. The molecule has 0 bridgehead atoms. The summed E-state index contributed by atoms with van der Waals surface area (Å²) in [6.07, 6.45) is -3.29. The highest BCUT2D eigenvalue weighted by atomic mass is 35.5. The molecule has 1 rings (SSSR count). The van der Waals surface area contributed by atoms with E-state index in [2.05, 4.69) is 10.1 Å². The van der Waals surface area contributed by atoms with Gasteiger partial charge in [-0.15, -0.1) is 0 Å². The Morgan fingerprint density at radius 2 is 2.00 bits per heavy atom. The van der Waals surface area contributed by atoms with Crippen molar-refractivity contribution in [2.24, 2.45) is 5.14 Å². The first kappa shape index (κ1) is 12.2. The maximum Gasteiger partial charge on any atom is 0.281 e. The minimum absolute atomic E-state index is 0.493. The number of primary sulfonamides is 1. The lowest BCUT2D eigenvalue weighted by atomic mass is 10.3. The highest BCUT2D eigenvalue weighted by molar-refractivity contribution is 7.89. The van der Waals surface area contributed by atoms with Crippen molar-refractivity contribution in [1.82, 2.24) is 4.98 Å². The number of hydrogen-bond donors (Lipinski definition) is 1. The molecule has 0 saturated carbocycles. The summed E-state index contributed by atoms with van der Waals surface area (Å²) in [6.45, 7) is 0. The number of hydrogen-bond acceptors (Lipinski definition) is 3. The van der Waals surface area contributed by atoms with Crippen LogP contribution in [0.3, 0.4) is 0 Å². The second-order valence-electron chi connectivity index (χ2n) is 2.49. The van der Waals surface area contributed by atoms with Gasteiger partial charge in [-0.2, -0.15) is 0 Å². The van der Waals surface area contributed by atoms with Crippen LogP contribution in [0.5, 0.6) is 0 Å². The van der Waals surface area contributed by atoms with Crippen LogP contribution in [0.4, 0.5) is 13.2 Å². The predicted molar refractivity (Wildman–Crippen MR) is 45.5 cm³/mol. The molecule has 1 heterocycles. The number of sulfonamides is 1. The monoisotopic (exact) mass is 260 g/mol. The van der Waals surface area contributed by atoms with E-state index in [1.165, 1.54) is 0 Å². The third kappa shape index (κ3) is 2.58. The van der Waals surface area contributed by atoms with Crippen LogP contribution < -0.4 is 5.14 Å². The lowest BCUT2D eigenvalue weighted by molar-refractivity contribution is 0.141. The zero-order chi connectivity index (χ0) is 11.8. The topological polar surface area (TPSA) is 73.1 Å². The SMILES string of the molecule is NS(=O)(=O)c1c(F)cc(Cl)nc1C(F)F. The molecule has 0 unspecified atom stereocenters. The van der Waals surface area contributed by atoms with Crippen LogP contribution >= 0.6 is 11.6 Å². The molecule has 15 heavy (non-hydrogen) atoms. The standard InChI is InChI=1S/C6H4ClF3N2O2S/c7-3-1-2(8)5(15(11,13)14)4(12-3)6(9)10/h1,6H,(H2,11,13,14). The normalized spacial score (nSPS) is 12.1. The van der Waals surface area contributed by atoms with Crippen LogP contribution in [0.1, 0.15) is 12.1 Å². The molecule has 1 aromatic rings.